The highest BCUT2D eigenvalue weighted by Crippen LogP contribution is 2.35. The van der Waals surface area contributed by atoms with E-state index in [1.54, 1.807) is 18.2 Å². The van der Waals surface area contributed by atoms with E-state index in [-0.39, 0.29) is 5.82 Å². The Bertz CT molecular complexity index is 515. The number of aliphatic imine (C=N–C) groups is 1. The summed E-state index contributed by atoms with van der Waals surface area (Å²) in [5.41, 5.74) is 5.88. The van der Waals surface area contributed by atoms with Crippen LogP contribution in [-0.4, -0.2) is 23.9 Å². The van der Waals surface area contributed by atoms with Crippen LogP contribution in [0, 0.1) is 5.82 Å². The molecule has 0 aliphatic carbocycles. The monoisotopic (exact) mass is 311 g/mol. The van der Waals surface area contributed by atoms with E-state index >= 15 is 0 Å². The lowest BCUT2D eigenvalue weighted by atomic mass is 9.90. The summed E-state index contributed by atoms with van der Waals surface area (Å²) in [5, 5.41) is 0. The fourth-order valence-corrected chi connectivity index (χ4v) is 2.58. The first-order chi connectivity index (χ1) is 8.49. The summed E-state index contributed by atoms with van der Waals surface area (Å²) in [4.78, 5) is 6.09. The van der Waals surface area contributed by atoms with Gasteiger partial charge in [0.05, 0.1) is 12.1 Å². The van der Waals surface area contributed by atoms with Crippen LogP contribution in [0.4, 0.5) is 4.39 Å². The van der Waals surface area contributed by atoms with Crippen molar-refractivity contribution in [3.8, 4) is 0 Å². The van der Waals surface area contributed by atoms with Gasteiger partial charge in [-0.3, -0.25) is 4.99 Å². The van der Waals surface area contributed by atoms with Crippen LogP contribution in [0.1, 0.15) is 12.5 Å². The first kappa shape index (κ1) is 13.1. The molecule has 96 valence electrons. The van der Waals surface area contributed by atoms with Crippen LogP contribution >= 0.6 is 15.9 Å². The molecule has 1 unspecified atom stereocenters. The average molecular weight is 312 g/mol. The lowest BCUT2D eigenvalue weighted by Crippen LogP contribution is -2.47. The third-order valence-corrected chi connectivity index (χ3v) is 3.73. The van der Waals surface area contributed by atoms with Crippen LogP contribution in [-0.2, 0) is 5.54 Å². The van der Waals surface area contributed by atoms with E-state index < -0.39 is 5.54 Å². The molecule has 1 aromatic carbocycles. The van der Waals surface area contributed by atoms with Crippen molar-refractivity contribution >= 4 is 21.9 Å². The zero-order valence-corrected chi connectivity index (χ0v) is 11.7. The number of hydrogen-bond donors (Lipinski definition) is 1. The number of nitrogens with zero attached hydrogens (tertiary/aromatic N) is 2. The molecule has 5 heteroatoms. The smallest absolute Gasteiger partial charge is 0.192 e. The maximum Gasteiger partial charge on any atom is 0.192 e. The van der Waals surface area contributed by atoms with E-state index in [9.17, 15) is 4.39 Å². The van der Waals surface area contributed by atoms with Crippen molar-refractivity contribution < 1.29 is 4.39 Å². The lowest BCUT2D eigenvalue weighted by molar-refractivity contribution is 0.237. The molecule has 0 saturated heterocycles. The van der Waals surface area contributed by atoms with E-state index in [1.165, 1.54) is 6.07 Å². The molecular weight excluding hydrogens is 297 g/mol. The van der Waals surface area contributed by atoms with Crippen molar-refractivity contribution in [1.82, 2.24) is 4.90 Å². The van der Waals surface area contributed by atoms with Gasteiger partial charge in [0.1, 0.15) is 5.82 Å². The summed E-state index contributed by atoms with van der Waals surface area (Å²) in [6.07, 6.45) is 1.74. The highest BCUT2D eigenvalue weighted by Gasteiger charge is 2.40. The summed E-state index contributed by atoms with van der Waals surface area (Å²) in [6, 6.07) is 4.91. The van der Waals surface area contributed by atoms with E-state index in [1.807, 2.05) is 11.8 Å². The Kier molecular flexibility index (Phi) is 3.43. The Morgan fingerprint density at radius 1 is 1.67 bits per heavy atom. The second kappa shape index (κ2) is 4.72. The third kappa shape index (κ3) is 2.03. The summed E-state index contributed by atoms with van der Waals surface area (Å²) in [7, 11) is 0. The number of halogens is 2. The van der Waals surface area contributed by atoms with Gasteiger partial charge in [0, 0.05) is 16.6 Å². The van der Waals surface area contributed by atoms with Gasteiger partial charge < -0.3 is 10.6 Å². The minimum absolute atomic E-state index is 0.250. The van der Waals surface area contributed by atoms with Crippen LogP contribution in [0.25, 0.3) is 0 Å². The Morgan fingerprint density at radius 3 is 3.06 bits per heavy atom. The van der Waals surface area contributed by atoms with Crippen LogP contribution in [0.2, 0.25) is 0 Å². The molecule has 0 bridgehead atoms. The second-order valence-electron chi connectivity index (χ2n) is 4.47. The van der Waals surface area contributed by atoms with Crippen LogP contribution in [0.15, 0.2) is 40.3 Å². The van der Waals surface area contributed by atoms with Gasteiger partial charge in [-0.1, -0.05) is 22.0 Å². The molecule has 0 fully saturated rings. The summed E-state index contributed by atoms with van der Waals surface area (Å²) in [6.45, 7) is 6.62. The van der Waals surface area contributed by atoms with E-state index in [4.69, 9.17) is 5.73 Å². The molecule has 18 heavy (non-hydrogen) atoms. The minimum atomic E-state index is -0.563. The lowest BCUT2D eigenvalue weighted by Gasteiger charge is -2.36. The van der Waals surface area contributed by atoms with E-state index in [2.05, 4.69) is 27.5 Å². The van der Waals surface area contributed by atoms with Gasteiger partial charge in [-0.2, -0.15) is 0 Å². The van der Waals surface area contributed by atoms with Gasteiger partial charge in [-0.25, -0.2) is 4.39 Å². The predicted molar refractivity (Wildman–Crippen MR) is 74.8 cm³/mol. The van der Waals surface area contributed by atoms with Crippen molar-refractivity contribution in [3.05, 3.63) is 46.7 Å². The highest BCUT2D eigenvalue weighted by atomic mass is 79.9. The quantitative estimate of drug-likeness (QED) is 0.872. The number of hydrogen-bond acceptors (Lipinski definition) is 3. The normalized spacial score (nSPS) is 23.1. The number of rotatable bonds is 3. The van der Waals surface area contributed by atoms with Gasteiger partial charge in [0.15, 0.2) is 5.96 Å². The van der Waals surface area contributed by atoms with Crippen LogP contribution in [0.5, 0.6) is 0 Å². The summed E-state index contributed by atoms with van der Waals surface area (Å²) < 4.78 is 14.9. The number of nitrogens with two attached hydrogens (primary N) is 1. The van der Waals surface area contributed by atoms with Gasteiger partial charge in [0.2, 0.25) is 0 Å². The maximum atomic E-state index is 14.0. The van der Waals surface area contributed by atoms with Crippen molar-refractivity contribution in [1.29, 1.82) is 0 Å². The summed E-state index contributed by atoms with van der Waals surface area (Å²) in [5.74, 6) is 0.177. The molecule has 0 amide bonds. The second-order valence-corrected chi connectivity index (χ2v) is 5.39. The third-order valence-electron chi connectivity index (χ3n) is 3.24. The molecule has 0 spiro atoms. The molecule has 1 aliphatic heterocycles. The van der Waals surface area contributed by atoms with Crippen molar-refractivity contribution in [2.45, 2.75) is 12.5 Å². The Morgan fingerprint density at radius 2 is 2.39 bits per heavy atom. The SMILES string of the molecule is C=CCN1C(N)=NCC1(C)c1cc(Br)ccc1F. The van der Waals surface area contributed by atoms with Crippen LogP contribution < -0.4 is 5.73 Å². The molecule has 3 nitrogen and oxygen atoms in total. The first-order valence-corrected chi connectivity index (χ1v) is 6.42. The average Bonchev–Trinajstić information content (AvgIpc) is 2.62. The molecule has 1 heterocycles. The Labute approximate surface area is 114 Å². The maximum absolute atomic E-state index is 14.0. The molecule has 0 aromatic heterocycles. The zero-order valence-electron chi connectivity index (χ0n) is 10.2. The standard InChI is InChI=1S/C13H15BrFN3/c1-3-6-18-12(16)17-8-13(18,2)10-7-9(14)4-5-11(10)15/h3-5,7H,1,6,8H2,2H3,(H2,16,17). The molecule has 1 aliphatic rings. The fourth-order valence-electron chi connectivity index (χ4n) is 2.22. The molecule has 0 saturated carbocycles. The largest absolute Gasteiger partial charge is 0.370 e. The Balaban J connectivity index is 2.48. The molecule has 1 aromatic rings. The number of guanidine groups is 1. The van der Waals surface area contributed by atoms with Gasteiger partial charge in [-0.15, -0.1) is 6.58 Å². The van der Waals surface area contributed by atoms with Gasteiger partial charge in [-0.05, 0) is 25.1 Å². The van der Waals surface area contributed by atoms with Gasteiger partial charge >= 0.3 is 0 Å². The summed E-state index contributed by atoms with van der Waals surface area (Å²) >= 11 is 3.37. The number of benzene rings is 1. The van der Waals surface area contributed by atoms with Crippen molar-refractivity contribution in [3.63, 3.8) is 0 Å². The molecule has 2 N–H and O–H groups in total. The van der Waals surface area contributed by atoms with Crippen LogP contribution in [0.3, 0.4) is 0 Å². The predicted octanol–water partition coefficient (Wildman–Crippen LogP) is 2.62. The Hall–Kier alpha value is -1.36. The molecule has 0 radical (unpaired) electrons. The zero-order chi connectivity index (χ0) is 13.3. The first-order valence-electron chi connectivity index (χ1n) is 5.63. The molecule has 2 rings (SSSR count). The highest BCUT2D eigenvalue weighted by molar-refractivity contribution is 9.10. The van der Waals surface area contributed by atoms with Crippen molar-refractivity contribution in [2.24, 2.45) is 10.7 Å². The van der Waals surface area contributed by atoms with Gasteiger partial charge in [0.25, 0.3) is 0 Å². The molecular formula is C13H15BrFN3. The van der Waals surface area contributed by atoms with E-state index in [0.717, 1.165) is 4.47 Å². The van der Waals surface area contributed by atoms with E-state index in [0.29, 0.717) is 24.6 Å². The van der Waals surface area contributed by atoms with Crippen molar-refractivity contribution in [2.75, 3.05) is 13.1 Å². The topological polar surface area (TPSA) is 41.6 Å². The molecule has 1 atom stereocenters. The fraction of sp³-hybridized carbons (Fsp3) is 0.308. The minimum Gasteiger partial charge on any atom is -0.370 e.